The fourth-order valence-electron chi connectivity index (χ4n) is 2.95. The van der Waals surface area contributed by atoms with E-state index in [0.717, 1.165) is 30.9 Å². The van der Waals surface area contributed by atoms with E-state index in [0.29, 0.717) is 22.6 Å². The molecule has 6 heteroatoms. The molecule has 24 heavy (non-hydrogen) atoms. The van der Waals surface area contributed by atoms with Crippen LogP contribution in [0.5, 0.6) is 0 Å². The summed E-state index contributed by atoms with van der Waals surface area (Å²) >= 11 is 6.16. The maximum Gasteiger partial charge on any atom is 0.272 e. The van der Waals surface area contributed by atoms with Crippen molar-refractivity contribution in [3.05, 3.63) is 46.7 Å². The van der Waals surface area contributed by atoms with Crippen LogP contribution >= 0.6 is 11.6 Å². The van der Waals surface area contributed by atoms with E-state index in [9.17, 15) is 4.79 Å². The number of nitrogens with one attached hydrogen (secondary N) is 1. The van der Waals surface area contributed by atoms with Gasteiger partial charge in [-0.15, -0.1) is 0 Å². The first-order valence-electron chi connectivity index (χ1n) is 8.19. The van der Waals surface area contributed by atoms with Crippen LogP contribution in [0.15, 0.2) is 30.3 Å². The zero-order chi connectivity index (χ0) is 17.1. The molecular weight excluding hydrogens is 324 g/mol. The molecule has 1 unspecified atom stereocenters. The fourth-order valence-corrected chi connectivity index (χ4v) is 3.14. The Balaban J connectivity index is 1.83. The number of piperidine rings is 1. The van der Waals surface area contributed by atoms with Crippen molar-refractivity contribution < 1.29 is 4.79 Å². The quantitative estimate of drug-likeness (QED) is 0.912. The van der Waals surface area contributed by atoms with Crippen molar-refractivity contribution in [3.63, 3.8) is 0 Å². The van der Waals surface area contributed by atoms with Crippen LogP contribution in [0.25, 0.3) is 0 Å². The molecule has 1 aromatic carbocycles. The second-order valence-electron chi connectivity index (χ2n) is 6.32. The zero-order valence-electron chi connectivity index (χ0n) is 13.9. The molecule has 0 bridgehead atoms. The number of aryl methyl sites for hydroxylation is 1. The molecule has 0 aliphatic carbocycles. The molecule has 1 aromatic heterocycles. The van der Waals surface area contributed by atoms with Gasteiger partial charge in [0.1, 0.15) is 5.69 Å². The van der Waals surface area contributed by atoms with Crippen LogP contribution in [-0.2, 0) is 0 Å². The molecule has 3 rings (SSSR count). The third-order valence-electron chi connectivity index (χ3n) is 4.14. The minimum absolute atomic E-state index is 0.0331. The number of carbonyl (C=O) groups is 1. The number of hydrogen-bond acceptors (Lipinski definition) is 4. The SMILES string of the molecule is Cc1cc(C(=O)N2CCCC(C)C2)nc(Nc2ccccc2Cl)n1. The van der Waals surface area contributed by atoms with Crippen LogP contribution in [0, 0.1) is 12.8 Å². The van der Waals surface area contributed by atoms with E-state index in [1.165, 1.54) is 6.42 Å². The zero-order valence-corrected chi connectivity index (χ0v) is 14.7. The number of carbonyl (C=O) groups excluding carboxylic acids is 1. The lowest BCUT2D eigenvalue weighted by Crippen LogP contribution is -2.39. The summed E-state index contributed by atoms with van der Waals surface area (Å²) < 4.78 is 0. The molecular formula is C18H21ClN4O. The Morgan fingerprint density at radius 2 is 2.12 bits per heavy atom. The Hall–Kier alpha value is -2.14. The maximum absolute atomic E-state index is 12.8. The lowest BCUT2D eigenvalue weighted by atomic mass is 10.00. The van der Waals surface area contributed by atoms with Gasteiger partial charge in [-0.3, -0.25) is 4.79 Å². The molecule has 1 fully saturated rings. The van der Waals surface area contributed by atoms with E-state index in [-0.39, 0.29) is 5.91 Å². The average molecular weight is 345 g/mol. The number of amides is 1. The Morgan fingerprint density at radius 3 is 2.88 bits per heavy atom. The number of rotatable bonds is 3. The van der Waals surface area contributed by atoms with Gasteiger partial charge in [-0.1, -0.05) is 30.7 Å². The standard InChI is InChI=1S/C18H21ClN4O/c1-12-6-5-9-23(11-12)17(24)16-10-13(2)20-18(22-16)21-15-8-4-3-7-14(15)19/h3-4,7-8,10,12H,5-6,9,11H2,1-2H3,(H,20,21,22). The van der Waals surface area contributed by atoms with Crippen molar-refractivity contribution in [2.45, 2.75) is 26.7 Å². The number of anilines is 2. The third kappa shape index (κ3) is 3.85. The van der Waals surface area contributed by atoms with Crippen molar-refractivity contribution in [3.8, 4) is 0 Å². The number of halogens is 1. The maximum atomic E-state index is 12.8. The number of aromatic nitrogens is 2. The van der Waals surface area contributed by atoms with Gasteiger partial charge in [0.05, 0.1) is 10.7 Å². The first-order valence-corrected chi connectivity index (χ1v) is 8.57. The Kier molecular flexibility index (Phi) is 5.00. The van der Waals surface area contributed by atoms with Gasteiger partial charge in [-0.2, -0.15) is 0 Å². The number of likely N-dealkylation sites (tertiary alicyclic amines) is 1. The fraction of sp³-hybridized carbons (Fsp3) is 0.389. The van der Waals surface area contributed by atoms with E-state index in [1.54, 1.807) is 12.1 Å². The topological polar surface area (TPSA) is 58.1 Å². The van der Waals surface area contributed by atoms with Gasteiger partial charge in [0.15, 0.2) is 0 Å². The lowest BCUT2D eigenvalue weighted by molar-refractivity contribution is 0.0677. The van der Waals surface area contributed by atoms with Crippen molar-refractivity contribution >= 4 is 29.1 Å². The van der Waals surface area contributed by atoms with Crippen LogP contribution in [0.4, 0.5) is 11.6 Å². The molecule has 1 saturated heterocycles. The molecule has 1 N–H and O–H groups in total. The molecule has 1 atom stereocenters. The number of hydrogen-bond donors (Lipinski definition) is 1. The van der Waals surface area contributed by atoms with Gasteiger partial charge in [-0.25, -0.2) is 9.97 Å². The first-order chi connectivity index (χ1) is 11.5. The molecule has 1 aliphatic heterocycles. The Labute approximate surface area is 147 Å². The van der Waals surface area contributed by atoms with E-state index in [2.05, 4.69) is 22.2 Å². The van der Waals surface area contributed by atoms with E-state index < -0.39 is 0 Å². The number of para-hydroxylation sites is 1. The van der Waals surface area contributed by atoms with E-state index >= 15 is 0 Å². The average Bonchev–Trinajstić information content (AvgIpc) is 2.56. The van der Waals surface area contributed by atoms with Crippen molar-refractivity contribution in [2.24, 2.45) is 5.92 Å². The number of benzene rings is 1. The second kappa shape index (κ2) is 7.18. The summed E-state index contributed by atoms with van der Waals surface area (Å²) in [6.07, 6.45) is 2.22. The highest BCUT2D eigenvalue weighted by molar-refractivity contribution is 6.33. The van der Waals surface area contributed by atoms with Crippen molar-refractivity contribution in [1.82, 2.24) is 14.9 Å². The van der Waals surface area contributed by atoms with Crippen LogP contribution in [0.3, 0.4) is 0 Å². The van der Waals surface area contributed by atoms with Gasteiger partial charge in [0.2, 0.25) is 5.95 Å². The summed E-state index contributed by atoms with van der Waals surface area (Å²) in [5.74, 6) is 0.886. The van der Waals surface area contributed by atoms with Crippen LogP contribution in [-0.4, -0.2) is 33.9 Å². The molecule has 5 nitrogen and oxygen atoms in total. The summed E-state index contributed by atoms with van der Waals surface area (Å²) in [6, 6.07) is 9.12. The molecule has 2 heterocycles. The second-order valence-corrected chi connectivity index (χ2v) is 6.73. The van der Waals surface area contributed by atoms with Crippen LogP contribution < -0.4 is 5.32 Å². The van der Waals surface area contributed by atoms with E-state index in [1.807, 2.05) is 30.0 Å². The predicted molar refractivity (Wildman–Crippen MR) is 95.8 cm³/mol. The summed E-state index contributed by atoms with van der Waals surface area (Å²) in [5.41, 5.74) is 1.88. The summed E-state index contributed by atoms with van der Waals surface area (Å²) in [6.45, 7) is 5.61. The van der Waals surface area contributed by atoms with Gasteiger partial charge in [0, 0.05) is 18.8 Å². The molecule has 126 valence electrons. The molecule has 0 spiro atoms. The van der Waals surface area contributed by atoms with Gasteiger partial charge in [0.25, 0.3) is 5.91 Å². The molecule has 2 aromatic rings. The highest BCUT2D eigenvalue weighted by Gasteiger charge is 2.23. The van der Waals surface area contributed by atoms with Crippen molar-refractivity contribution in [2.75, 3.05) is 18.4 Å². The first kappa shape index (κ1) is 16.7. The van der Waals surface area contributed by atoms with Crippen LogP contribution in [0.2, 0.25) is 5.02 Å². The molecule has 1 amide bonds. The summed E-state index contributed by atoms with van der Waals surface area (Å²) in [4.78, 5) is 23.4. The van der Waals surface area contributed by atoms with Crippen molar-refractivity contribution in [1.29, 1.82) is 0 Å². The molecule has 0 saturated carbocycles. The van der Waals surface area contributed by atoms with E-state index in [4.69, 9.17) is 11.6 Å². The highest BCUT2D eigenvalue weighted by atomic mass is 35.5. The van der Waals surface area contributed by atoms with Gasteiger partial charge in [-0.05, 0) is 43.9 Å². The number of nitrogens with zero attached hydrogens (tertiary/aromatic N) is 3. The van der Waals surface area contributed by atoms with Crippen LogP contribution in [0.1, 0.15) is 35.9 Å². The normalized spacial score (nSPS) is 17.6. The largest absolute Gasteiger partial charge is 0.337 e. The predicted octanol–water partition coefficient (Wildman–Crippen LogP) is 4.05. The smallest absolute Gasteiger partial charge is 0.272 e. The molecule has 0 radical (unpaired) electrons. The third-order valence-corrected chi connectivity index (χ3v) is 4.47. The summed E-state index contributed by atoms with van der Waals surface area (Å²) in [5, 5.41) is 3.68. The Morgan fingerprint density at radius 1 is 1.33 bits per heavy atom. The van der Waals surface area contributed by atoms with Gasteiger partial charge >= 0.3 is 0 Å². The monoisotopic (exact) mass is 344 g/mol. The summed E-state index contributed by atoms with van der Waals surface area (Å²) in [7, 11) is 0. The lowest BCUT2D eigenvalue weighted by Gasteiger charge is -2.30. The minimum atomic E-state index is -0.0331. The highest BCUT2D eigenvalue weighted by Crippen LogP contribution is 2.24. The molecule has 1 aliphatic rings. The van der Waals surface area contributed by atoms with Gasteiger partial charge < -0.3 is 10.2 Å². The minimum Gasteiger partial charge on any atom is -0.337 e. The Bertz CT molecular complexity index is 750.